The topological polar surface area (TPSA) is 47.0 Å². The molecule has 2 unspecified atom stereocenters. The fourth-order valence-corrected chi connectivity index (χ4v) is 2.33. The average Bonchev–Trinajstić information content (AvgIpc) is 2.37. The second kappa shape index (κ2) is 5.56. The summed E-state index contributed by atoms with van der Waals surface area (Å²) < 4.78 is 5.25. The molecule has 1 heterocycles. The van der Waals surface area contributed by atoms with Gasteiger partial charge in [-0.15, -0.1) is 0 Å². The third kappa shape index (κ3) is 2.82. The predicted octanol–water partition coefficient (Wildman–Crippen LogP) is 1.65. The Balaban J connectivity index is 2.19. The van der Waals surface area contributed by atoms with Crippen molar-refractivity contribution in [2.75, 3.05) is 14.2 Å². The molecule has 17 heavy (non-hydrogen) atoms. The highest BCUT2D eigenvalue weighted by atomic mass is 16.5. The highest BCUT2D eigenvalue weighted by Crippen LogP contribution is 2.27. The SMILES string of the molecule is CNC1CCCc2nc(CC(C)OC)ncc21. The van der Waals surface area contributed by atoms with Gasteiger partial charge in [-0.25, -0.2) is 9.97 Å². The maximum Gasteiger partial charge on any atom is 0.131 e. The lowest BCUT2D eigenvalue weighted by molar-refractivity contribution is 0.117. The number of fused-ring (bicyclic) bond motifs is 1. The van der Waals surface area contributed by atoms with Crippen molar-refractivity contribution in [1.29, 1.82) is 0 Å². The van der Waals surface area contributed by atoms with Crippen LogP contribution < -0.4 is 5.32 Å². The number of hydrogen-bond donors (Lipinski definition) is 1. The standard InChI is InChI=1S/C13H21N3O/c1-9(17-3)7-13-15-8-10-11(14-2)5-4-6-12(10)16-13/h8-9,11,14H,4-7H2,1-3H3. The zero-order chi connectivity index (χ0) is 12.3. The van der Waals surface area contributed by atoms with Crippen molar-refractivity contribution in [3.63, 3.8) is 0 Å². The quantitative estimate of drug-likeness (QED) is 0.862. The molecule has 0 radical (unpaired) electrons. The van der Waals surface area contributed by atoms with Crippen molar-refractivity contribution < 1.29 is 4.74 Å². The molecular formula is C13H21N3O. The van der Waals surface area contributed by atoms with Gasteiger partial charge in [-0.05, 0) is 33.2 Å². The molecule has 1 N–H and O–H groups in total. The van der Waals surface area contributed by atoms with Gasteiger partial charge in [0, 0.05) is 37.0 Å². The number of aromatic nitrogens is 2. The second-order valence-electron chi connectivity index (χ2n) is 4.67. The van der Waals surface area contributed by atoms with Crippen LogP contribution in [0.5, 0.6) is 0 Å². The Bertz CT molecular complexity index is 381. The van der Waals surface area contributed by atoms with Gasteiger partial charge >= 0.3 is 0 Å². The van der Waals surface area contributed by atoms with Gasteiger partial charge in [-0.3, -0.25) is 0 Å². The van der Waals surface area contributed by atoms with Gasteiger partial charge in [-0.2, -0.15) is 0 Å². The Morgan fingerprint density at radius 2 is 2.41 bits per heavy atom. The minimum atomic E-state index is 0.178. The predicted molar refractivity (Wildman–Crippen MR) is 66.9 cm³/mol. The molecule has 1 aromatic heterocycles. The normalized spacial score (nSPS) is 21.0. The van der Waals surface area contributed by atoms with Crippen molar-refractivity contribution in [3.05, 3.63) is 23.3 Å². The van der Waals surface area contributed by atoms with Crippen LogP contribution in [0.3, 0.4) is 0 Å². The number of methoxy groups -OCH3 is 1. The number of hydrogen-bond acceptors (Lipinski definition) is 4. The lowest BCUT2D eigenvalue weighted by Gasteiger charge is -2.24. The van der Waals surface area contributed by atoms with Gasteiger partial charge in [0.2, 0.25) is 0 Å². The van der Waals surface area contributed by atoms with E-state index in [4.69, 9.17) is 4.74 Å². The molecule has 0 saturated carbocycles. The van der Waals surface area contributed by atoms with E-state index in [-0.39, 0.29) is 6.10 Å². The monoisotopic (exact) mass is 235 g/mol. The molecule has 2 rings (SSSR count). The van der Waals surface area contributed by atoms with Crippen LogP contribution >= 0.6 is 0 Å². The fraction of sp³-hybridized carbons (Fsp3) is 0.692. The van der Waals surface area contributed by atoms with E-state index in [1.54, 1.807) is 7.11 Å². The van der Waals surface area contributed by atoms with Gasteiger partial charge in [0.15, 0.2) is 0 Å². The first-order valence-corrected chi connectivity index (χ1v) is 6.29. The molecule has 0 aliphatic heterocycles. The molecule has 0 bridgehead atoms. The molecule has 2 atom stereocenters. The zero-order valence-corrected chi connectivity index (χ0v) is 10.9. The van der Waals surface area contributed by atoms with Gasteiger partial charge < -0.3 is 10.1 Å². The Morgan fingerprint density at radius 3 is 3.12 bits per heavy atom. The van der Waals surface area contributed by atoms with Gasteiger partial charge in [-0.1, -0.05) is 0 Å². The van der Waals surface area contributed by atoms with Crippen molar-refractivity contribution >= 4 is 0 Å². The maximum atomic E-state index is 5.25. The van der Waals surface area contributed by atoms with Crippen molar-refractivity contribution in [1.82, 2.24) is 15.3 Å². The molecular weight excluding hydrogens is 214 g/mol. The fourth-order valence-electron chi connectivity index (χ4n) is 2.33. The van der Waals surface area contributed by atoms with E-state index in [9.17, 15) is 0 Å². The third-order valence-electron chi connectivity index (χ3n) is 3.45. The summed E-state index contributed by atoms with van der Waals surface area (Å²) in [5.41, 5.74) is 2.48. The van der Waals surface area contributed by atoms with Crippen molar-refractivity contribution in [2.24, 2.45) is 0 Å². The van der Waals surface area contributed by atoms with Crippen LogP contribution in [-0.2, 0) is 17.6 Å². The number of nitrogens with one attached hydrogen (secondary N) is 1. The Labute approximate surface area is 103 Å². The van der Waals surface area contributed by atoms with Gasteiger partial charge in [0.05, 0.1) is 6.10 Å². The summed E-state index contributed by atoms with van der Waals surface area (Å²) in [5.74, 6) is 0.898. The summed E-state index contributed by atoms with van der Waals surface area (Å²) in [4.78, 5) is 9.12. The number of aryl methyl sites for hydroxylation is 1. The Kier molecular flexibility index (Phi) is 4.07. The molecule has 94 valence electrons. The Morgan fingerprint density at radius 1 is 1.59 bits per heavy atom. The van der Waals surface area contributed by atoms with Gasteiger partial charge in [0.25, 0.3) is 0 Å². The largest absolute Gasteiger partial charge is 0.381 e. The molecule has 0 aromatic carbocycles. The van der Waals surface area contributed by atoms with Crippen molar-refractivity contribution in [3.8, 4) is 0 Å². The van der Waals surface area contributed by atoms with Crippen molar-refractivity contribution in [2.45, 2.75) is 44.8 Å². The molecule has 0 saturated heterocycles. The summed E-state index contributed by atoms with van der Waals surface area (Å²) in [6.07, 6.45) is 6.41. The third-order valence-corrected chi connectivity index (χ3v) is 3.45. The number of nitrogens with zero attached hydrogens (tertiary/aromatic N) is 2. The zero-order valence-electron chi connectivity index (χ0n) is 10.9. The number of ether oxygens (including phenoxy) is 1. The average molecular weight is 235 g/mol. The van der Waals surface area contributed by atoms with Gasteiger partial charge in [0.1, 0.15) is 5.82 Å². The molecule has 4 heteroatoms. The Hall–Kier alpha value is -1.00. The highest BCUT2D eigenvalue weighted by molar-refractivity contribution is 5.24. The molecule has 0 fully saturated rings. The van der Waals surface area contributed by atoms with E-state index in [0.717, 1.165) is 18.7 Å². The smallest absolute Gasteiger partial charge is 0.131 e. The summed E-state index contributed by atoms with van der Waals surface area (Å²) in [5, 5.41) is 3.33. The van der Waals surface area contributed by atoms with E-state index in [0.29, 0.717) is 6.04 Å². The van der Waals surface area contributed by atoms with E-state index >= 15 is 0 Å². The molecule has 4 nitrogen and oxygen atoms in total. The van der Waals surface area contributed by atoms with Crippen LogP contribution in [0.15, 0.2) is 6.20 Å². The molecule has 1 aromatic rings. The summed E-state index contributed by atoms with van der Waals surface area (Å²) >= 11 is 0. The maximum absolute atomic E-state index is 5.25. The summed E-state index contributed by atoms with van der Waals surface area (Å²) in [6, 6.07) is 0.424. The summed E-state index contributed by atoms with van der Waals surface area (Å²) in [6.45, 7) is 2.04. The van der Waals surface area contributed by atoms with Crippen LogP contribution in [0.2, 0.25) is 0 Å². The number of rotatable bonds is 4. The first-order chi connectivity index (χ1) is 8.24. The molecule has 0 spiro atoms. The minimum absolute atomic E-state index is 0.178. The molecule has 1 aliphatic rings. The first kappa shape index (κ1) is 12.5. The second-order valence-corrected chi connectivity index (χ2v) is 4.67. The minimum Gasteiger partial charge on any atom is -0.381 e. The molecule has 0 amide bonds. The van der Waals surface area contributed by atoms with Crippen LogP contribution in [0.25, 0.3) is 0 Å². The highest BCUT2D eigenvalue weighted by Gasteiger charge is 2.20. The van der Waals surface area contributed by atoms with E-state index in [1.165, 1.54) is 24.1 Å². The first-order valence-electron chi connectivity index (χ1n) is 6.29. The summed E-state index contributed by atoms with van der Waals surface area (Å²) in [7, 11) is 3.72. The van der Waals surface area contributed by atoms with E-state index in [1.807, 2.05) is 20.2 Å². The van der Waals surface area contributed by atoms with E-state index < -0.39 is 0 Å². The molecule has 1 aliphatic carbocycles. The van der Waals surface area contributed by atoms with Crippen LogP contribution in [0, 0.1) is 0 Å². The van der Waals surface area contributed by atoms with Crippen LogP contribution in [0.1, 0.15) is 42.9 Å². The lowest BCUT2D eigenvalue weighted by atomic mass is 9.92. The van der Waals surface area contributed by atoms with Crippen LogP contribution in [0.4, 0.5) is 0 Å². The lowest BCUT2D eigenvalue weighted by Crippen LogP contribution is -2.23. The van der Waals surface area contributed by atoms with E-state index in [2.05, 4.69) is 15.3 Å². The van der Waals surface area contributed by atoms with Crippen LogP contribution in [-0.4, -0.2) is 30.2 Å².